The van der Waals surface area contributed by atoms with E-state index in [-0.39, 0.29) is 17.1 Å². The summed E-state index contributed by atoms with van der Waals surface area (Å²) in [6.07, 6.45) is 0. The molecule has 0 aliphatic carbocycles. The van der Waals surface area contributed by atoms with Crippen molar-refractivity contribution in [3.8, 4) is 6.07 Å². The third-order valence-corrected chi connectivity index (χ3v) is 5.20. The van der Waals surface area contributed by atoms with Crippen LogP contribution in [-0.4, -0.2) is 8.42 Å². The van der Waals surface area contributed by atoms with Crippen molar-refractivity contribution >= 4 is 38.6 Å². The number of thiophene rings is 1. The Kier molecular flexibility index (Phi) is 4.30. The van der Waals surface area contributed by atoms with Gasteiger partial charge < -0.3 is 5.73 Å². The first-order chi connectivity index (χ1) is 9.42. The van der Waals surface area contributed by atoms with E-state index in [1.54, 1.807) is 12.1 Å². The summed E-state index contributed by atoms with van der Waals surface area (Å²) in [5, 5.41) is 8.73. The van der Waals surface area contributed by atoms with E-state index < -0.39 is 10.0 Å². The third-order valence-electron chi connectivity index (χ3n) is 2.49. The summed E-state index contributed by atoms with van der Waals surface area (Å²) in [6, 6.07) is 9.40. The van der Waals surface area contributed by atoms with Gasteiger partial charge >= 0.3 is 0 Å². The van der Waals surface area contributed by atoms with E-state index in [4.69, 9.17) is 22.6 Å². The van der Waals surface area contributed by atoms with E-state index in [1.165, 1.54) is 29.5 Å². The normalized spacial score (nSPS) is 11.2. The molecule has 0 saturated carbocycles. The monoisotopic (exact) mass is 327 g/mol. The van der Waals surface area contributed by atoms with Gasteiger partial charge in [0.25, 0.3) is 0 Å². The second kappa shape index (κ2) is 5.81. The van der Waals surface area contributed by atoms with Crippen LogP contribution in [0.4, 0.5) is 5.69 Å². The second-order valence-corrected chi connectivity index (χ2v) is 7.43. The minimum absolute atomic E-state index is 0.0424. The lowest BCUT2D eigenvalue weighted by molar-refractivity contribution is 0.582. The predicted molar refractivity (Wildman–Crippen MR) is 78.9 cm³/mol. The largest absolute Gasteiger partial charge is 0.398 e. The van der Waals surface area contributed by atoms with Crippen LogP contribution >= 0.6 is 22.9 Å². The van der Waals surface area contributed by atoms with Gasteiger partial charge in [0.05, 0.1) is 21.7 Å². The molecule has 20 heavy (non-hydrogen) atoms. The number of halogens is 1. The maximum atomic E-state index is 12.1. The van der Waals surface area contributed by atoms with E-state index in [2.05, 4.69) is 4.72 Å². The van der Waals surface area contributed by atoms with Crippen LogP contribution < -0.4 is 10.5 Å². The second-order valence-electron chi connectivity index (χ2n) is 3.89. The highest BCUT2D eigenvalue weighted by Crippen LogP contribution is 2.23. The van der Waals surface area contributed by atoms with E-state index >= 15 is 0 Å². The highest BCUT2D eigenvalue weighted by molar-refractivity contribution is 7.89. The third kappa shape index (κ3) is 3.29. The Hall–Kier alpha value is -1.59. The van der Waals surface area contributed by atoms with Crippen LogP contribution in [0.3, 0.4) is 0 Å². The van der Waals surface area contributed by atoms with E-state index in [0.29, 0.717) is 9.90 Å². The van der Waals surface area contributed by atoms with Crippen molar-refractivity contribution in [3.05, 3.63) is 45.1 Å². The molecule has 1 aromatic carbocycles. The van der Waals surface area contributed by atoms with Crippen molar-refractivity contribution < 1.29 is 8.42 Å². The molecule has 104 valence electrons. The molecule has 0 radical (unpaired) electrons. The fourth-order valence-corrected chi connectivity index (χ4v) is 3.79. The van der Waals surface area contributed by atoms with Crippen molar-refractivity contribution in [1.29, 1.82) is 5.26 Å². The Morgan fingerprint density at radius 3 is 2.65 bits per heavy atom. The quantitative estimate of drug-likeness (QED) is 0.842. The number of anilines is 1. The van der Waals surface area contributed by atoms with E-state index in [9.17, 15) is 8.42 Å². The SMILES string of the molecule is N#Cc1ccc(S(=O)(=O)NCc2ccc(Cl)s2)c(N)c1. The molecule has 1 heterocycles. The van der Waals surface area contributed by atoms with Crippen molar-refractivity contribution in [3.63, 3.8) is 0 Å². The summed E-state index contributed by atoms with van der Waals surface area (Å²) in [7, 11) is -3.73. The molecule has 0 fully saturated rings. The lowest BCUT2D eigenvalue weighted by atomic mass is 10.2. The molecule has 2 aromatic rings. The number of nitriles is 1. The fraction of sp³-hybridized carbons (Fsp3) is 0.0833. The van der Waals surface area contributed by atoms with Gasteiger partial charge in [-0.1, -0.05) is 11.6 Å². The Morgan fingerprint density at radius 1 is 1.35 bits per heavy atom. The molecule has 1 aromatic heterocycles. The van der Waals surface area contributed by atoms with Gasteiger partial charge in [-0.2, -0.15) is 5.26 Å². The number of sulfonamides is 1. The first-order valence-electron chi connectivity index (χ1n) is 5.46. The number of nitrogen functional groups attached to an aromatic ring is 1. The fourth-order valence-electron chi connectivity index (χ4n) is 1.55. The maximum Gasteiger partial charge on any atom is 0.242 e. The topological polar surface area (TPSA) is 96.0 Å². The average molecular weight is 328 g/mol. The highest BCUT2D eigenvalue weighted by atomic mass is 35.5. The number of nitrogens with one attached hydrogen (secondary N) is 1. The Labute approximate surface area is 125 Å². The number of rotatable bonds is 4. The summed E-state index contributed by atoms with van der Waals surface area (Å²) in [6.45, 7) is 0.138. The van der Waals surface area contributed by atoms with Crippen molar-refractivity contribution in [2.24, 2.45) is 0 Å². The van der Waals surface area contributed by atoms with Crippen LogP contribution in [0.5, 0.6) is 0 Å². The molecule has 0 bridgehead atoms. The lowest BCUT2D eigenvalue weighted by Crippen LogP contribution is -2.23. The number of hydrogen-bond donors (Lipinski definition) is 2. The zero-order valence-corrected chi connectivity index (χ0v) is 12.5. The van der Waals surface area contributed by atoms with Gasteiger partial charge in [-0.05, 0) is 30.3 Å². The van der Waals surface area contributed by atoms with E-state index in [1.807, 2.05) is 6.07 Å². The number of benzene rings is 1. The summed E-state index contributed by atoms with van der Waals surface area (Å²) in [5.74, 6) is 0. The predicted octanol–water partition coefficient (Wildman–Crippen LogP) is 2.33. The summed E-state index contributed by atoms with van der Waals surface area (Å²) >= 11 is 7.07. The van der Waals surface area contributed by atoms with Crippen molar-refractivity contribution in [1.82, 2.24) is 4.72 Å². The minimum Gasteiger partial charge on any atom is -0.398 e. The Morgan fingerprint density at radius 2 is 2.10 bits per heavy atom. The van der Waals surface area contributed by atoms with Crippen molar-refractivity contribution in [2.45, 2.75) is 11.4 Å². The van der Waals surface area contributed by atoms with Gasteiger partial charge in [0.1, 0.15) is 4.90 Å². The summed E-state index contributed by atoms with van der Waals surface area (Å²) < 4.78 is 27.3. The van der Waals surface area contributed by atoms with Gasteiger partial charge in [0.2, 0.25) is 10.0 Å². The standard InChI is InChI=1S/C12H10ClN3O2S2/c13-12-4-2-9(19-12)7-16-20(17,18)11-3-1-8(6-14)5-10(11)15/h1-5,16H,7,15H2. The molecule has 2 rings (SSSR count). The van der Waals surface area contributed by atoms with Crippen LogP contribution in [0.15, 0.2) is 35.2 Å². The highest BCUT2D eigenvalue weighted by Gasteiger charge is 2.17. The molecule has 0 unspecified atom stereocenters. The summed E-state index contributed by atoms with van der Waals surface area (Å²) in [5.41, 5.74) is 6.02. The first-order valence-corrected chi connectivity index (χ1v) is 8.13. The lowest BCUT2D eigenvalue weighted by Gasteiger charge is -2.08. The maximum absolute atomic E-state index is 12.1. The molecule has 0 atom stereocenters. The van der Waals surface area contributed by atoms with Gasteiger partial charge in [-0.3, -0.25) is 0 Å². The molecule has 3 N–H and O–H groups in total. The molecule has 0 aliphatic heterocycles. The smallest absolute Gasteiger partial charge is 0.242 e. The zero-order valence-electron chi connectivity index (χ0n) is 10.1. The minimum atomic E-state index is -3.73. The van der Waals surface area contributed by atoms with E-state index in [0.717, 1.165) is 4.88 Å². The Balaban J connectivity index is 2.20. The number of hydrogen-bond acceptors (Lipinski definition) is 5. The zero-order chi connectivity index (χ0) is 14.8. The summed E-state index contributed by atoms with van der Waals surface area (Å²) in [4.78, 5) is 0.755. The number of nitrogens with zero attached hydrogens (tertiary/aromatic N) is 1. The molecular weight excluding hydrogens is 318 g/mol. The van der Waals surface area contributed by atoms with Crippen LogP contribution in [-0.2, 0) is 16.6 Å². The first kappa shape index (κ1) is 14.8. The van der Waals surface area contributed by atoms with Gasteiger partial charge in [-0.15, -0.1) is 11.3 Å². The molecule has 0 aliphatic rings. The van der Waals surface area contributed by atoms with Gasteiger partial charge in [-0.25, -0.2) is 13.1 Å². The molecule has 5 nitrogen and oxygen atoms in total. The van der Waals surface area contributed by atoms with Crippen LogP contribution in [0.1, 0.15) is 10.4 Å². The number of nitrogens with two attached hydrogens (primary N) is 1. The molecular formula is C12H10ClN3O2S2. The Bertz CT molecular complexity index is 778. The van der Waals surface area contributed by atoms with Crippen LogP contribution in [0, 0.1) is 11.3 Å². The van der Waals surface area contributed by atoms with Crippen molar-refractivity contribution in [2.75, 3.05) is 5.73 Å². The molecule has 8 heteroatoms. The molecule has 0 saturated heterocycles. The van der Waals surface area contributed by atoms with Gasteiger partial charge in [0, 0.05) is 11.4 Å². The van der Waals surface area contributed by atoms with Gasteiger partial charge in [0.15, 0.2) is 0 Å². The molecule has 0 amide bonds. The average Bonchev–Trinajstić information content (AvgIpc) is 2.82. The molecule has 0 spiro atoms. The van der Waals surface area contributed by atoms with Crippen LogP contribution in [0.2, 0.25) is 4.34 Å². The van der Waals surface area contributed by atoms with Crippen LogP contribution in [0.25, 0.3) is 0 Å².